The normalized spacial score (nSPS) is 18.0. The second-order valence-corrected chi connectivity index (χ2v) is 15.0. The highest BCUT2D eigenvalue weighted by molar-refractivity contribution is 6.38. The molecule has 1 saturated heterocycles. The van der Waals surface area contributed by atoms with Crippen LogP contribution < -0.4 is 21.3 Å². The summed E-state index contributed by atoms with van der Waals surface area (Å²) in [4.78, 5) is 95.4. The van der Waals surface area contributed by atoms with Crippen molar-refractivity contribution in [2.75, 3.05) is 19.6 Å². The van der Waals surface area contributed by atoms with Gasteiger partial charge in [-0.15, -0.1) is 6.58 Å². The van der Waals surface area contributed by atoms with Crippen molar-refractivity contribution in [1.82, 2.24) is 25.8 Å². The van der Waals surface area contributed by atoms with E-state index >= 15 is 0 Å². The molecule has 49 heavy (non-hydrogen) atoms. The van der Waals surface area contributed by atoms with Gasteiger partial charge < -0.3 is 15.5 Å². The maximum Gasteiger partial charge on any atom is 0.414 e. The first-order valence-electron chi connectivity index (χ1n) is 17.1. The molecule has 2 heterocycles. The number of nitrogens with zero attached hydrogens (tertiary/aromatic N) is 2. The fraction of sp³-hybridized carbons (Fsp3) is 0.583. The third-order valence-corrected chi connectivity index (χ3v) is 9.07. The van der Waals surface area contributed by atoms with Gasteiger partial charge in [-0.25, -0.2) is 4.79 Å². The zero-order valence-corrected chi connectivity index (χ0v) is 29.9. The first kappa shape index (κ1) is 39.1. The number of nitrogens with two attached hydrogens (primary N) is 1. The molecule has 1 aromatic rings. The Morgan fingerprint density at radius 1 is 0.980 bits per heavy atom. The molecule has 0 radical (unpaired) electrons. The number of primary amides is 1. The van der Waals surface area contributed by atoms with Crippen molar-refractivity contribution in [2.24, 2.45) is 10.8 Å². The number of quaternary nitrogens is 1. The lowest BCUT2D eigenvalue weighted by Gasteiger charge is -2.36. The lowest BCUT2D eigenvalue weighted by atomic mass is 9.85. The largest absolute Gasteiger partial charge is 0.414 e. The first-order chi connectivity index (χ1) is 22.9. The molecule has 13 heteroatoms. The predicted molar refractivity (Wildman–Crippen MR) is 183 cm³/mol. The van der Waals surface area contributed by atoms with Gasteiger partial charge in [0.1, 0.15) is 18.1 Å². The van der Waals surface area contributed by atoms with Crippen molar-refractivity contribution in [3.63, 3.8) is 0 Å². The van der Waals surface area contributed by atoms with E-state index in [0.29, 0.717) is 30.4 Å². The van der Waals surface area contributed by atoms with Gasteiger partial charge in [-0.1, -0.05) is 79.5 Å². The Labute approximate surface area is 289 Å². The minimum Gasteiger partial charge on any atom is -0.346 e. The zero-order chi connectivity index (χ0) is 36.7. The lowest BCUT2D eigenvalue weighted by Crippen LogP contribution is -2.99. The Kier molecular flexibility index (Phi) is 13.0. The summed E-state index contributed by atoms with van der Waals surface area (Å²) in [5.41, 5.74) is -0.638. The summed E-state index contributed by atoms with van der Waals surface area (Å²) in [7, 11) is 0. The van der Waals surface area contributed by atoms with Crippen LogP contribution >= 0.6 is 0 Å². The number of carbonyl (C=O) groups is 7. The third kappa shape index (κ3) is 9.62. The van der Waals surface area contributed by atoms with Gasteiger partial charge in [-0.3, -0.25) is 44.3 Å². The van der Waals surface area contributed by atoms with Crippen molar-refractivity contribution in [3.05, 3.63) is 48.0 Å². The van der Waals surface area contributed by atoms with Crippen LogP contribution in [0.3, 0.4) is 0 Å². The molecule has 268 valence electrons. The summed E-state index contributed by atoms with van der Waals surface area (Å²) in [6.07, 6.45) is 3.98. The Morgan fingerprint density at radius 2 is 1.59 bits per heavy atom. The Hall–Kier alpha value is -4.39. The number of hydrogen-bond acceptors (Lipinski definition) is 7. The highest BCUT2D eigenvalue weighted by atomic mass is 16.2. The van der Waals surface area contributed by atoms with Crippen LogP contribution in [-0.4, -0.2) is 95.0 Å². The number of likely N-dealkylation sites (tertiary alicyclic amines) is 1. The molecule has 0 aromatic heterocycles. The third-order valence-electron chi connectivity index (χ3n) is 9.07. The average Bonchev–Trinajstić information content (AvgIpc) is 3.62. The molecular formula is C36H53N6O7+. The molecule has 2 aliphatic heterocycles. The molecule has 13 nitrogen and oxygen atoms in total. The van der Waals surface area contributed by atoms with Crippen molar-refractivity contribution in [1.29, 1.82) is 0 Å². The van der Waals surface area contributed by atoms with Crippen LogP contribution in [0, 0.1) is 10.8 Å². The van der Waals surface area contributed by atoms with E-state index in [4.69, 9.17) is 0 Å². The molecule has 1 fully saturated rings. The predicted octanol–water partition coefficient (Wildman–Crippen LogP) is 1.92. The van der Waals surface area contributed by atoms with Gasteiger partial charge in [-0.05, 0) is 36.8 Å². The summed E-state index contributed by atoms with van der Waals surface area (Å²) >= 11 is 0. The molecule has 1 aromatic carbocycles. The zero-order valence-electron chi connectivity index (χ0n) is 29.9. The molecule has 1 unspecified atom stereocenters. The van der Waals surface area contributed by atoms with Crippen LogP contribution in [0.4, 0.5) is 4.79 Å². The maximum atomic E-state index is 14.1. The Morgan fingerprint density at radius 3 is 2.12 bits per heavy atom. The molecule has 3 rings (SSSR count). The number of rotatable bonds is 14. The fourth-order valence-corrected chi connectivity index (χ4v) is 6.02. The number of ketones is 1. The van der Waals surface area contributed by atoms with Crippen molar-refractivity contribution in [2.45, 2.75) is 105 Å². The quantitative estimate of drug-likeness (QED) is 0.132. The van der Waals surface area contributed by atoms with E-state index < -0.39 is 76.3 Å². The molecule has 2 aliphatic rings. The van der Waals surface area contributed by atoms with Crippen LogP contribution in [0.15, 0.2) is 36.9 Å². The molecule has 0 aliphatic carbocycles. The number of hydrogen-bond donors (Lipinski definition) is 4. The van der Waals surface area contributed by atoms with Crippen LogP contribution in [0.1, 0.15) is 101 Å². The monoisotopic (exact) mass is 681 g/mol. The first-order valence-corrected chi connectivity index (χ1v) is 17.1. The van der Waals surface area contributed by atoms with Crippen molar-refractivity contribution >= 4 is 41.4 Å². The smallest absolute Gasteiger partial charge is 0.346 e. The SMILES string of the molecule is C=CCNC(=O)C(=O)C(CCCC)NC(=O)[C@@H]1CCCN1C(=O)[C@@H](NC(=O)[NH2+][C@H](CN1C(=O)c2ccccc2C1=O)C(C)(C)C)C(C)(C)C. The number of amides is 7. The van der Waals surface area contributed by atoms with Crippen LogP contribution in [0.2, 0.25) is 0 Å². The van der Waals surface area contributed by atoms with Gasteiger partial charge in [-0.2, -0.15) is 0 Å². The minimum atomic E-state index is -1.04. The van der Waals surface area contributed by atoms with E-state index in [1.54, 1.807) is 24.3 Å². The number of unbranched alkanes of at least 4 members (excludes halogenated alkanes) is 1. The number of carbonyl (C=O) groups excluding carboxylic acids is 7. The summed E-state index contributed by atoms with van der Waals surface area (Å²) in [6.45, 7) is 17.0. The van der Waals surface area contributed by atoms with Gasteiger partial charge in [0, 0.05) is 18.5 Å². The molecular weight excluding hydrogens is 628 g/mol. The lowest BCUT2D eigenvalue weighted by molar-refractivity contribution is -0.610. The topological polar surface area (TPSA) is 179 Å². The maximum absolute atomic E-state index is 14.1. The molecule has 0 saturated carbocycles. The summed E-state index contributed by atoms with van der Waals surface area (Å²) in [5, 5.41) is 9.46. The van der Waals surface area contributed by atoms with Gasteiger partial charge in [0.05, 0.1) is 23.7 Å². The van der Waals surface area contributed by atoms with E-state index in [0.717, 1.165) is 11.3 Å². The highest BCUT2D eigenvalue weighted by Gasteiger charge is 2.45. The molecule has 0 spiro atoms. The van der Waals surface area contributed by atoms with E-state index in [2.05, 4.69) is 22.5 Å². The molecule has 7 amide bonds. The van der Waals surface area contributed by atoms with E-state index in [9.17, 15) is 33.6 Å². The van der Waals surface area contributed by atoms with E-state index in [-0.39, 0.29) is 26.1 Å². The average molecular weight is 682 g/mol. The van der Waals surface area contributed by atoms with Crippen LogP contribution in [0.5, 0.6) is 0 Å². The molecule has 5 N–H and O–H groups in total. The van der Waals surface area contributed by atoms with E-state index in [1.165, 1.54) is 16.3 Å². The van der Waals surface area contributed by atoms with Gasteiger partial charge in [0.25, 0.3) is 17.7 Å². The number of Topliss-reactive ketones (excluding diaryl/α,β-unsaturated/α-hetero) is 1. The second kappa shape index (κ2) is 16.3. The van der Waals surface area contributed by atoms with Crippen molar-refractivity contribution in [3.8, 4) is 0 Å². The second-order valence-electron chi connectivity index (χ2n) is 15.0. The summed E-state index contributed by atoms with van der Waals surface area (Å²) < 4.78 is 0. The van der Waals surface area contributed by atoms with Gasteiger partial charge in [0.15, 0.2) is 0 Å². The minimum absolute atomic E-state index is 0.0186. The standard InChI is InChI=1S/C36H52N6O7/c1-9-11-17-24(27(43)30(45)37-19-10-2)38-29(44)25-18-14-20-41(25)33(48)28(36(6,7)8)40-34(49)39-26(35(3,4)5)21-42-31(46)22-15-12-13-16-23(22)32(42)47/h10,12-13,15-16,24-26,28H,2,9,11,14,17-21H2,1,3-8H3,(H,37,45)(H,38,44)(H2,39,40,49)/p+1/t24?,25-,26+,28+/m0/s1. The van der Waals surface area contributed by atoms with Crippen LogP contribution in [0.25, 0.3) is 0 Å². The highest BCUT2D eigenvalue weighted by Crippen LogP contribution is 2.27. The molecule has 0 bridgehead atoms. The van der Waals surface area contributed by atoms with Crippen LogP contribution in [-0.2, 0) is 19.2 Å². The van der Waals surface area contributed by atoms with E-state index in [1.807, 2.05) is 48.5 Å². The number of benzene rings is 1. The number of imide groups is 1. The fourth-order valence-electron chi connectivity index (χ4n) is 6.02. The van der Waals surface area contributed by atoms with Crippen molar-refractivity contribution < 1.29 is 38.9 Å². The molecule has 4 atom stereocenters. The Balaban J connectivity index is 1.75. The van der Waals surface area contributed by atoms with Gasteiger partial charge in [0.2, 0.25) is 17.6 Å². The Bertz CT molecular complexity index is 1430. The summed E-state index contributed by atoms with van der Waals surface area (Å²) in [6, 6.07) is 2.56. The number of nitrogens with one attached hydrogen (secondary N) is 3. The number of urea groups is 1. The number of fused-ring (bicyclic) bond motifs is 1. The summed E-state index contributed by atoms with van der Waals surface area (Å²) in [5.74, 6) is -3.38. The van der Waals surface area contributed by atoms with Gasteiger partial charge >= 0.3 is 6.03 Å².